The second kappa shape index (κ2) is 10.1. The van der Waals surface area contributed by atoms with Gasteiger partial charge in [-0.1, -0.05) is 20.3 Å². The Morgan fingerprint density at radius 1 is 1.14 bits per heavy atom. The first-order valence-electron chi connectivity index (χ1n) is 9.00. The first kappa shape index (κ1) is 24.2. The SMILES string of the molecule is CCC.Cc1c(-c2ccc(OC(F)(F)F)cc2F)cc(CN)c(C#N)c1N(C)C. The molecule has 0 fully saturated rings. The average Bonchev–Trinajstić information content (AvgIpc) is 2.60. The van der Waals surface area contributed by atoms with Gasteiger partial charge in [-0.15, -0.1) is 13.2 Å². The van der Waals surface area contributed by atoms with E-state index in [9.17, 15) is 22.8 Å². The van der Waals surface area contributed by atoms with Crippen LogP contribution in [0.3, 0.4) is 0 Å². The number of nitrogens with two attached hydrogens (primary N) is 1. The Labute approximate surface area is 168 Å². The van der Waals surface area contributed by atoms with Crippen LogP contribution < -0.4 is 15.4 Å². The number of ether oxygens (including phenoxy) is 1. The van der Waals surface area contributed by atoms with E-state index in [-0.39, 0.29) is 12.1 Å². The van der Waals surface area contributed by atoms with E-state index in [0.717, 1.165) is 6.07 Å². The Bertz CT molecular complexity index is 887. The smallest absolute Gasteiger partial charge is 0.406 e. The molecule has 8 heteroatoms. The van der Waals surface area contributed by atoms with E-state index in [1.54, 1.807) is 32.0 Å². The van der Waals surface area contributed by atoms with E-state index < -0.39 is 17.9 Å². The highest BCUT2D eigenvalue weighted by atomic mass is 19.4. The Kier molecular flexibility index (Phi) is 8.46. The van der Waals surface area contributed by atoms with Crippen LogP contribution in [0.1, 0.15) is 37.0 Å². The van der Waals surface area contributed by atoms with Gasteiger partial charge in [-0.2, -0.15) is 5.26 Å². The average molecular weight is 411 g/mol. The number of rotatable bonds is 4. The zero-order chi connectivity index (χ0) is 22.4. The molecule has 158 valence electrons. The summed E-state index contributed by atoms with van der Waals surface area (Å²) < 4.78 is 55.1. The molecule has 0 aromatic heterocycles. The van der Waals surface area contributed by atoms with Gasteiger partial charge >= 0.3 is 6.36 Å². The number of hydrogen-bond donors (Lipinski definition) is 1. The molecule has 0 heterocycles. The van der Waals surface area contributed by atoms with Gasteiger partial charge in [0.25, 0.3) is 0 Å². The summed E-state index contributed by atoms with van der Waals surface area (Å²) in [5.74, 6) is -1.51. The predicted octanol–water partition coefficient (Wildman–Crippen LogP) is 5.51. The third-order valence-electron chi connectivity index (χ3n) is 3.88. The van der Waals surface area contributed by atoms with E-state index in [2.05, 4.69) is 24.7 Å². The standard InChI is InChI=1S/C18H17F4N3O.C3H8/c1-10-14(6-11(8-23)15(9-24)17(10)25(2)3)13-5-4-12(7-16(13)19)26-18(20,21)22;1-3-2/h4-7H,8,23H2,1-3H3;3H2,1-2H3. The van der Waals surface area contributed by atoms with Gasteiger partial charge in [0.1, 0.15) is 17.6 Å². The first-order chi connectivity index (χ1) is 13.5. The first-order valence-corrected chi connectivity index (χ1v) is 9.00. The van der Waals surface area contributed by atoms with Crippen LogP contribution in [-0.2, 0) is 6.54 Å². The summed E-state index contributed by atoms with van der Waals surface area (Å²) in [4.78, 5) is 1.72. The summed E-state index contributed by atoms with van der Waals surface area (Å²) in [5.41, 5.74) is 8.37. The van der Waals surface area contributed by atoms with Crippen LogP contribution in [0.4, 0.5) is 23.2 Å². The van der Waals surface area contributed by atoms with Gasteiger partial charge in [-0.3, -0.25) is 0 Å². The number of nitrogens with zero attached hydrogens (tertiary/aromatic N) is 2. The maximum absolute atomic E-state index is 14.5. The van der Waals surface area contributed by atoms with Crippen molar-refractivity contribution in [3.63, 3.8) is 0 Å². The highest BCUT2D eigenvalue weighted by Crippen LogP contribution is 2.37. The highest BCUT2D eigenvalue weighted by Gasteiger charge is 2.31. The summed E-state index contributed by atoms with van der Waals surface area (Å²) in [5, 5.41) is 9.43. The molecular formula is C21H25F4N3O. The number of benzene rings is 2. The fourth-order valence-electron chi connectivity index (χ4n) is 2.86. The van der Waals surface area contributed by atoms with Crippen molar-refractivity contribution < 1.29 is 22.3 Å². The summed E-state index contributed by atoms with van der Waals surface area (Å²) in [7, 11) is 3.48. The van der Waals surface area contributed by atoms with E-state index in [1.165, 1.54) is 12.5 Å². The van der Waals surface area contributed by atoms with Crippen LogP contribution in [0.5, 0.6) is 5.75 Å². The minimum absolute atomic E-state index is 0.0634. The van der Waals surface area contributed by atoms with E-state index in [1.807, 2.05) is 0 Å². The second-order valence-corrected chi connectivity index (χ2v) is 6.54. The van der Waals surface area contributed by atoms with Gasteiger partial charge in [0.05, 0.1) is 11.3 Å². The van der Waals surface area contributed by atoms with Crippen molar-refractivity contribution >= 4 is 5.69 Å². The largest absolute Gasteiger partial charge is 0.573 e. The van der Waals surface area contributed by atoms with Gasteiger partial charge in [0.2, 0.25) is 0 Å². The maximum Gasteiger partial charge on any atom is 0.573 e. The van der Waals surface area contributed by atoms with Crippen molar-refractivity contribution in [2.45, 2.75) is 40.1 Å². The topological polar surface area (TPSA) is 62.3 Å². The van der Waals surface area contributed by atoms with Crippen LogP contribution in [0.25, 0.3) is 11.1 Å². The Balaban J connectivity index is 0.00000132. The lowest BCUT2D eigenvalue weighted by molar-refractivity contribution is -0.274. The molecule has 29 heavy (non-hydrogen) atoms. The molecule has 0 spiro atoms. The van der Waals surface area contributed by atoms with E-state index >= 15 is 0 Å². The Morgan fingerprint density at radius 3 is 2.14 bits per heavy atom. The molecule has 2 rings (SSSR count). The lowest BCUT2D eigenvalue weighted by atomic mass is 9.92. The fourth-order valence-corrected chi connectivity index (χ4v) is 2.86. The molecule has 0 saturated heterocycles. The van der Waals surface area contributed by atoms with Gasteiger partial charge in [0, 0.05) is 32.3 Å². The number of halogens is 4. The van der Waals surface area contributed by atoms with Gasteiger partial charge in [-0.25, -0.2) is 4.39 Å². The van der Waals surface area contributed by atoms with Crippen molar-refractivity contribution in [1.29, 1.82) is 5.26 Å². The van der Waals surface area contributed by atoms with Gasteiger partial charge in [-0.05, 0) is 41.8 Å². The molecule has 0 radical (unpaired) electrons. The van der Waals surface area contributed by atoms with Crippen LogP contribution in [0.2, 0.25) is 0 Å². The fraction of sp³-hybridized carbons (Fsp3) is 0.381. The molecule has 2 N–H and O–H groups in total. The highest BCUT2D eigenvalue weighted by molar-refractivity contribution is 5.80. The summed E-state index contributed by atoms with van der Waals surface area (Å²) >= 11 is 0. The van der Waals surface area contributed by atoms with Crippen LogP contribution in [-0.4, -0.2) is 20.5 Å². The number of nitriles is 1. The van der Waals surface area contributed by atoms with Crippen molar-refractivity contribution in [3.05, 3.63) is 46.8 Å². The van der Waals surface area contributed by atoms with E-state index in [4.69, 9.17) is 5.73 Å². The van der Waals surface area contributed by atoms with Crippen LogP contribution >= 0.6 is 0 Å². The molecular weight excluding hydrogens is 386 g/mol. The van der Waals surface area contributed by atoms with Crippen molar-refractivity contribution in [1.82, 2.24) is 0 Å². The zero-order valence-electron chi connectivity index (χ0n) is 17.1. The van der Waals surface area contributed by atoms with Crippen molar-refractivity contribution in [3.8, 4) is 22.9 Å². The van der Waals surface area contributed by atoms with Crippen molar-refractivity contribution in [2.24, 2.45) is 5.73 Å². The Morgan fingerprint density at radius 2 is 1.72 bits per heavy atom. The van der Waals surface area contributed by atoms with Crippen LogP contribution in [0, 0.1) is 24.1 Å². The summed E-state index contributed by atoms with van der Waals surface area (Å²) in [6.45, 7) is 6.03. The number of alkyl halides is 3. The molecule has 0 aliphatic rings. The van der Waals surface area contributed by atoms with E-state index in [0.29, 0.717) is 34.0 Å². The third-order valence-corrected chi connectivity index (χ3v) is 3.88. The van der Waals surface area contributed by atoms with Gasteiger partial charge in [0.15, 0.2) is 0 Å². The molecule has 0 aliphatic heterocycles. The molecule has 0 unspecified atom stereocenters. The lowest BCUT2D eigenvalue weighted by Crippen LogP contribution is -2.17. The lowest BCUT2D eigenvalue weighted by Gasteiger charge is -2.22. The predicted molar refractivity (Wildman–Crippen MR) is 106 cm³/mol. The molecule has 2 aromatic rings. The number of hydrogen-bond acceptors (Lipinski definition) is 4. The Hall–Kier alpha value is -2.79. The molecule has 0 bridgehead atoms. The normalized spacial score (nSPS) is 10.7. The minimum atomic E-state index is -4.90. The molecule has 4 nitrogen and oxygen atoms in total. The van der Waals surface area contributed by atoms with Crippen LogP contribution in [0.15, 0.2) is 24.3 Å². The molecule has 0 amide bonds. The number of anilines is 1. The quantitative estimate of drug-likeness (QED) is 0.674. The second-order valence-electron chi connectivity index (χ2n) is 6.54. The molecule has 0 aliphatic carbocycles. The minimum Gasteiger partial charge on any atom is -0.406 e. The third kappa shape index (κ3) is 6.09. The van der Waals surface area contributed by atoms with Gasteiger partial charge < -0.3 is 15.4 Å². The summed E-state index contributed by atoms with van der Waals surface area (Å²) in [6.07, 6.45) is -3.65. The summed E-state index contributed by atoms with van der Waals surface area (Å²) in [6, 6.07) is 6.63. The molecule has 2 aromatic carbocycles. The monoisotopic (exact) mass is 411 g/mol. The van der Waals surface area contributed by atoms with Crippen molar-refractivity contribution in [2.75, 3.05) is 19.0 Å². The maximum atomic E-state index is 14.5. The molecule has 0 saturated carbocycles. The zero-order valence-corrected chi connectivity index (χ0v) is 17.1. The molecule has 0 atom stereocenters.